The molecule has 1 aromatic carbocycles. The van der Waals surface area contributed by atoms with Gasteiger partial charge in [0.25, 0.3) is 0 Å². The van der Waals surface area contributed by atoms with E-state index in [1.807, 2.05) is 12.1 Å². The third-order valence-electron chi connectivity index (χ3n) is 3.01. The zero-order valence-corrected chi connectivity index (χ0v) is 12.9. The number of nitrogens with zero attached hydrogens (tertiary/aromatic N) is 3. The average molecular weight is 327 g/mol. The average Bonchev–Trinajstić information content (AvgIpc) is 2.98. The summed E-state index contributed by atoms with van der Waals surface area (Å²) in [5, 5.41) is 7.91. The Labute approximate surface area is 133 Å². The van der Waals surface area contributed by atoms with Crippen molar-refractivity contribution >= 4 is 29.1 Å². The molecular weight excluding hydrogens is 311 g/mol. The summed E-state index contributed by atoms with van der Waals surface area (Å²) in [6.45, 7) is 1.35. The molecule has 5 nitrogen and oxygen atoms in total. The fourth-order valence-corrected chi connectivity index (χ4v) is 2.31. The fraction of sp³-hybridized carbons (Fsp3) is 0.357. The molecule has 0 saturated heterocycles. The van der Waals surface area contributed by atoms with Gasteiger partial charge in [-0.05, 0) is 24.5 Å². The van der Waals surface area contributed by atoms with Gasteiger partial charge >= 0.3 is 0 Å². The predicted octanol–water partition coefficient (Wildman–Crippen LogP) is 2.72. The van der Waals surface area contributed by atoms with Crippen LogP contribution >= 0.6 is 23.2 Å². The molecule has 0 fully saturated rings. The van der Waals surface area contributed by atoms with Crippen LogP contribution in [0, 0.1) is 0 Å². The SMILES string of the molecule is O=C(CCc1cccc(Cl)c1Cl)NCCCn1cncn1. The molecule has 7 heteroatoms. The number of benzene rings is 1. The molecule has 0 atom stereocenters. The number of hydrogen-bond acceptors (Lipinski definition) is 3. The zero-order valence-electron chi connectivity index (χ0n) is 11.4. The third-order valence-corrected chi connectivity index (χ3v) is 3.86. The predicted molar refractivity (Wildman–Crippen MR) is 82.4 cm³/mol. The van der Waals surface area contributed by atoms with Gasteiger partial charge in [-0.3, -0.25) is 9.48 Å². The number of carbonyl (C=O) groups is 1. The minimum atomic E-state index is 0.00429. The molecular formula is C14H16Cl2N4O. The van der Waals surface area contributed by atoms with E-state index >= 15 is 0 Å². The third kappa shape index (κ3) is 5.02. The Morgan fingerprint density at radius 3 is 2.95 bits per heavy atom. The first kappa shape index (κ1) is 15.8. The number of rotatable bonds is 7. The Morgan fingerprint density at radius 2 is 2.19 bits per heavy atom. The van der Waals surface area contributed by atoms with Crippen LogP contribution in [0.1, 0.15) is 18.4 Å². The van der Waals surface area contributed by atoms with E-state index in [1.54, 1.807) is 17.1 Å². The van der Waals surface area contributed by atoms with E-state index in [1.165, 1.54) is 6.33 Å². The van der Waals surface area contributed by atoms with Gasteiger partial charge in [-0.25, -0.2) is 4.98 Å². The molecule has 0 aliphatic heterocycles. The van der Waals surface area contributed by atoms with E-state index in [-0.39, 0.29) is 5.91 Å². The van der Waals surface area contributed by atoms with Crippen LogP contribution in [-0.4, -0.2) is 27.2 Å². The summed E-state index contributed by atoms with van der Waals surface area (Å²) in [5.41, 5.74) is 0.891. The van der Waals surface area contributed by atoms with Crippen LogP contribution < -0.4 is 5.32 Å². The van der Waals surface area contributed by atoms with Crippen LogP contribution in [0.5, 0.6) is 0 Å². The van der Waals surface area contributed by atoms with Gasteiger partial charge in [-0.15, -0.1) is 0 Å². The Bertz CT molecular complexity index is 587. The van der Waals surface area contributed by atoms with Gasteiger partial charge < -0.3 is 5.32 Å². The van der Waals surface area contributed by atoms with Crippen molar-refractivity contribution in [2.75, 3.05) is 6.54 Å². The highest BCUT2D eigenvalue weighted by atomic mass is 35.5. The lowest BCUT2D eigenvalue weighted by atomic mass is 10.1. The summed E-state index contributed by atoms with van der Waals surface area (Å²) >= 11 is 12.0. The second kappa shape index (κ2) is 8.00. The van der Waals surface area contributed by atoms with Gasteiger partial charge in [0.05, 0.1) is 10.0 Å². The fourth-order valence-electron chi connectivity index (χ4n) is 1.90. The van der Waals surface area contributed by atoms with Gasteiger partial charge in [0.1, 0.15) is 12.7 Å². The normalized spacial score (nSPS) is 10.6. The molecule has 2 aromatic rings. The summed E-state index contributed by atoms with van der Waals surface area (Å²) in [4.78, 5) is 15.6. The standard InChI is InChI=1S/C14H16Cl2N4O/c15-12-4-1-3-11(14(12)16)5-6-13(21)18-7-2-8-20-10-17-9-19-20/h1,3-4,9-10H,2,5-8H2,(H,18,21). The molecule has 0 saturated carbocycles. The van der Waals surface area contributed by atoms with Crippen LogP contribution in [0.2, 0.25) is 10.0 Å². The minimum Gasteiger partial charge on any atom is -0.356 e. The molecule has 0 bridgehead atoms. The molecule has 2 rings (SSSR count). The van der Waals surface area contributed by atoms with Crippen LogP contribution in [0.25, 0.3) is 0 Å². The number of amides is 1. The Balaban J connectivity index is 1.66. The molecule has 0 unspecified atom stereocenters. The highest BCUT2D eigenvalue weighted by Gasteiger charge is 2.07. The number of hydrogen-bond donors (Lipinski definition) is 1. The van der Waals surface area contributed by atoms with Crippen molar-refractivity contribution in [3.05, 3.63) is 46.5 Å². The van der Waals surface area contributed by atoms with Crippen molar-refractivity contribution in [1.29, 1.82) is 0 Å². The summed E-state index contributed by atoms with van der Waals surface area (Å²) in [7, 11) is 0. The van der Waals surface area contributed by atoms with E-state index in [0.717, 1.165) is 18.5 Å². The molecule has 1 amide bonds. The number of aromatic nitrogens is 3. The largest absolute Gasteiger partial charge is 0.356 e. The molecule has 1 heterocycles. The summed E-state index contributed by atoms with van der Waals surface area (Å²) < 4.78 is 1.73. The van der Waals surface area contributed by atoms with Crippen LogP contribution in [-0.2, 0) is 17.8 Å². The zero-order chi connectivity index (χ0) is 15.1. The molecule has 0 radical (unpaired) electrons. The first-order chi connectivity index (χ1) is 10.2. The van der Waals surface area contributed by atoms with Gasteiger partial charge in [0.2, 0.25) is 5.91 Å². The number of carbonyl (C=O) groups excluding carboxylic acids is 1. The van der Waals surface area contributed by atoms with E-state index in [2.05, 4.69) is 15.4 Å². The van der Waals surface area contributed by atoms with Gasteiger partial charge in [-0.2, -0.15) is 5.10 Å². The molecule has 0 aliphatic carbocycles. The first-order valence-corrected chi connectivity index (χ1v) is 7.44. The quantitative estimate of drug-likeness (QED) is 0.796. The van der Waals surface area contributed by atoms with E-state index in [4.69, 9.17) is 23.2 Å². The highest BCUT2D eigenvalue weighted by molar-refractivity contribution is 6.42. The maximum atomic E-state index is 11.8. The molecule has 1 N–H and O–H groups in total. The van der Waals surface area contributed by atoms with Crippen molar-refractivity contribution in [2.24, 2.45) is 0 Å². The topological polar surface area (TPSA) is 59.8 Å². The van der Waals surface area contributed by atoms with Crippen molar-refractivity contribution < 1.29 is 4.79 Å². The smallest absolute Gasteiger partial charge is 0.220 e. The molecule has 1 aromatic heterocycles. The molecule has 112 valence electrons. The van der Waals surface area contributed by atoms with Crippen LogP contribution in [0.4, 0.5) is 0 Å². The van der Waals surface area contributed by atoms with Crippen molar-refractivity contribution in [2.45, 2.75) is 25.8 Å². The molecule has 0 spiro atoms. The van der Waals surface area contributed by atoms with E-state index in [9.17, 15) is 4.79 Å². The lowest BCUT2D eigenvalue weighted by Gasteiger charge is -2.07. The maximum absolute atomic E-state index is 11.8. The maximum Gasteiger partial charge on any atom is 0.220 e. The van der Waals surface area contributed by atoms with E-state index < -0.39 is 0 Å². The van der Waals surface area contributed by atoms with Crippen molar-refractivity contribution in [3.8, 4) is 0 Å². The van der Waals surface area contributed by atoms with Gasteiger partial charge in [0, 0.05) is 19.5 Å². The lowest BCUT2D eigenvalue weighted by Crippen LogP contribution is -2.25. The van der Waals surface area contributed by atoms with Gasteiger partial charge in [-0.1, -0.05) is 35.3 Å². The summed E-state index contributed by atoms with van der Waals surface area (Å²) in [6, 6.07) is 5.45. The van der Waals surface area contributed by atoms with Gasteiger partial charge in [0.15, 0.2) is 0 Å². The van der Waals surface area contributed by atoms with E-state index in [0.29, 0.717) is 29.4 Å². The Hall–Kier alpha value is -1.59. The number of halogens is 2. The molecule has 21 heavy (non-hydrogen) atoms. The number of nitrogens with one attached hydrogen (secondary N) is 1. The summed E-state index contributed by atoms with van der Waals surface area (Å²) in [5.74, 6) is 0.00429. The minimum absolute atomic E-state index is 0.00429. The highest BCUT2D eigenvalue weighted by Crippen LogP contribution is 2.26. The first-order valence-electron chi connectivity index (χ1n) is 6.69. The lowest BCUT2D eigenvalue weighted by molar-refractivity contribution is -0.121. The Morgan fingerprint density at radius 1 is 1.33 bits per heavy atom. The number of aryl methyl sites for hydroxylation is 2. The second-order valence-corrected chi connectivity index (χ2v) is 5.36. The van der Waals surface area contributed by atoms with Crippen LogP contribution in [0.3, 0.4) is 0 Å². The molecule has 0 aliphatic rings. The van der Waals surface area contributed by atoms with Crippen molar-refractivity contribution in [3.63, 3.8) is 0 Å². The van der Waals surface area contributed by atoms with Crippen LogP contribution in [0.15, 0.2) is 30.9 Å². The van der Waals surface area contributed by atoms with Crippen molar-refractivity contribution in [1.82, 2.24) is 20.1 Å². The Kier molecular flexibility index (Phi) is 6.02. The second-order valence-electron chi connectivity index (χ2n) is 4.58. The monoisotopic (exact) mass is 326 g/mol. The summed E-state index contributed by atoms with van der Waals surface area (Å²) in [6.07, 6.45) is 4.93.